The lowest BCUT2D eigenvalue weighted by atomic mass is 9.84. The fraction of sp³-hybridized carbons (Fsp3) is 0.533. The fourth-order valence-electron chi connectivity index (χ4n) is 3.14. The summed E-state index contributed by atoms with van der Waals surface area (Å²) in [5.41, 5.74) is 7.90. The van der Waals surface area contributed by atoms with Crippen LogP contribution in [0.5, 0.6) is 0 Å². The van der Waals surface area contributed by atoms with Crippen molar-refractivity contribution >= 4 is 16.6 Å². The number of rotatable bonds is 2. The number of nitrogens with two attached hydrogens (primary N) is 1. The molecule has 0 radical (unpaired) electrons. The van der Waals surface area contributed by atoms with Gasteiger partial charge in [0.1, 0.15) is 0 Å². The van der Waals surface area contributed by atoms with Gasteiger partial charge in [0.2, 0.25) is 0 Å². The highest BCUT2D eigenvalue weighted by molar-refractivity contribution is 5.81. The summed E-state index contributed by atoms with van der Waals surface area (Å²) in [4.78, 5) is 0. The van der Waals surface area contributed by atoms with Gasteiger partial charge in [-0.15, -0.1) is 0 Å². The van der Waals surface area contributed by atoms with Gasteiger partial charge in [-0.05, 0) is 49.8 Å². The molecule has 0 saturated heterocycles. The lowest BCUT2D eigenvalue weighted by molar-refractivity contribution is 0.261. The molecule has 1 saturated carbocycles. The molecule has 18 heavy (non-hydrogen) atoms. The fourth-order valence-corrected chi connectivity index (χ4v) is 3.14. The first kappa shape index (κ1) is 11.6. The van der Waals surface area contributed by atoms with E-state index in [-0.39, 0.29) is 0 Å². The maximum absolute atomic E-state index is 5.88. The Hall–Kier alpha value is -1.51. The van der Waals surface area contributed by atoms with Crippen molar-refractivity contribution in [1.82, 2.24) is 9.78 Å². The SMILES string of the molecule is CCC1CCC(n2ncc3ccc(N)cc32)CC1. The van der Waals surface area contributed by atoms with E-state index in [1.54, 1.807) is 0 Å². The number of nitrogens with zero attached hydrogens (tertiary/aromatic N) is 2. The Morgan fingerprint density at radius 1 is 1.28 bits per heavy atom. The van der Waals surface area contributed by atoms with Crippen LogP contribution in [-0.4, -0.2) is 9.78 Å². The van der Waals surface area contributed by atoms with Crippen LogP contribution in [0.25, 0.3) is 10.9 Å². The minimum absolute atomic E-state index is 0.562. The molecule has 0 unspecified atom stereocenters. The molecule has 0 bridgehead atoms. The quantitative estimate of drug-likeness (QED) is 0.816. The Kier molecular flexibility index (Phi) is 2.98. The Balaban J connectivity index is 1.88. The van der Waals surface area contributed by atoms with Crippen molar-refractivity contribution in [1.29, 1.82) is 0 Å². The molecule has 96 valence electrons. The predicted molar refractivity (Wildman–Crippen MR) is 75.4 cm³/mol. The van der Waals surface area contributed by atoms with Gasteiger partial charge >= 0.3 is 0 Å². The summed E-state index contributed by atoms with van der Waals surface area (Å²) < 4.78 is 2.19. The van der Waals surface area contributed by atoms with E-state index in [4.69, 9.17) is 5.73 Å². The Bertz CT molecular complexity index is 536. The van der Waals surface area contributed by atoms with Crippen LogP contribution in [-0.2, 0) is 0 Å². The van der Waals surface area contributed by atoms with Crippen molar-refractivity contribution in [2.24, 2.45) is 5.92 Å². The van der Waals surface area contributed by atoms with Crippen molar-refractivity contribution in [2.75, 3.05) is 5.73 Å². The number of hydrogen-bond donors (Lipinski definition) is 1. The third kappa shape index (κ3) is 1.98. The Labute approximate surface area is 108 Å². The van der Waals surface area contributed by atoms with E-state index >= 15 is 0 Å². The van der Waals surface area contributed by atoms with Crippen LogP contribution in [0.1, 0.15) is 45.1 Å². The molecule has 0 amide bonds. The van der Waals surface area contributed by atoms with Crippen LogP contribution in [0, 0.1) is 5.92 Å². The van der Waals surface area contributed by atoms with E-state index in [0.717, 1.165) is 11.6 Å². The lowest BCUT2D eigenvalue weighted by Gasteiger charge is -2.28. The van der Waals surface area contributed by atoms with Gasteiger partial charge in [0.25, 0.3) is 0 Å². The highest BCUT2D eigenvalue weighted by Gasteiger charge is 2.22. The predicted octanol–water partition coefficient (Wildman–Crippen LogP) is 3.76. The molecular weight excluding hydrogens is 222 g/mol. The normalized spacial score (nSPS) is 24.5. The number of hydrogen-bond acceptors (Lipinski definition) is 2. The number of fused-ring (bicyclic) bond motifs is 1. The molecule has 1 aromatic heterocycles. The number of benzene rings is 1. The zero-order chi connectivity index (χ0) is 12.5. The van der Waals surface area contributed by atoms with Gasteiger partial charge in [0.15, 0.2) is 0 Å². The second kappa shape index (κ2) is 4.63. The van der Waals surface area contributed by atoms with E-state index in [9.17, 15) is 0 Å². The molecule has 3 nitrogen and oxygen atoms in total. The zero-order valence-corrected chi connectivity index (χ0v) is 11.0. The van der Waals surface area contributed by atoms with E-state index in [0.29, 0.717) is 6.04 Å². The van der Waals surface area contributed by atoms with Crippen molar-refractivity contribution in [3.8, 4) is 0 Å². The first-order chi connectivity index (χ1) is 8.78. The molecule has 1 heterocycles. The zero-order valence-electron chi connectivity index (χ0n) is 11.0. The van der Waals surface area contributed by atoms with Gasteiger partial charge in [-0.1, -0.05) is 13.3 Å². The van der Waals surface area contributed by atoms with E-state index in [2.05, 4.69) is 22.8 Å². The first-order valence-electron chi connectivity index (χ1n) is 7.00. The van der Waals surface area contributed by atoms with E-state index in [1.165, 1.54) is 43.0 Å². The topological polar surface area (TPSA) is 43.8 Å². The summed E-state index contributed by atoms with van der Waals surface area (Å²) in [6.07, 6.45) is 8.46. The molecule has 0 spiro atoms. The van der Waals surface area contributed by atoms with E-state index < -0.39 is 0 Å². The third-order valence-corrected chi connectivity index (χ3v) is 4.36. The van der Waals surface area contributed by atoms with Crippen molar-refractivity contribution in [2.45, 2.75) is 45.1 Å². The minimum Gasteiger partial charge on any atom is -0.399 e. The molecule has 2 N–H and O–H groups in total. The van der Waals surface area contributed by atoms with Crippen molar-refractivity contribution < 1.29 is 0 Å². The average molecular weight is 243 g/mol. The summed E-state index contributed by atoms with van der Waals surface area (Å²) in [6, 6.07) is 6.62. The maximum atomic E-state index is 5.88. The molecule has 1 aromatic carbocycles. The van der Waals surface area contributed by atoms with Crippen LogP contribution in [0.15, 0.2) is 24.4 Å². The summed E-state index contributed by atoms with van der Waals surface area (Å²) >= 11 is 0. The Morgan fingerprint density at radius 2 is 2.06 bits per heavy atom. The third-order valence-electron chi connectivity index (χ3n) is 4.36. The smallest absolute Gasteiger partial charge is 0.0706 e. The van der Waals surface area contributed by atoms with Gasteiger partial charge in [0.05, 0.1) is 17.8 Å². The van der Waals surface area contributed by atoms with Crippen LogP contribution in [0.2, 0.25) is 0 Å². The van der Waals surface area contributed by atoms with Crippen LogP contribution in [0.4, 0.5) is 5.69 Å². The van der Waals surface area contributed by atoms with Gasteiger partial charge < -0.3 is 5.73 Å². The van der Waals surface area contributed by atoms with Gasteiger partial charge in [0, 0.05) is 11.1 Å². The molecular formula is C15H21N3. The molecule has 1 aliphatic carbocycles. The number of aromatic nitrogens is 2. The van der Waals surface area contributed by atoms with Crippen molar-refractivity contribution in [3.05, 3.63) is 24.4 Å². The number of anilines is 1. The monoisotopic (exact) mass is 243 g/mol. The summed E-state index contributed by atoms with van der Waals surface area (Å²) in [5.74, 6) is 0.924. The highest BCUT2D eigenvalue weighted by atomic mass is 15.3. The van der Waals surface area contributed by atoms with E-state index in [1.807, 2.05) is 18.3 Å². The second-order valence-corrected chi connectivity index (χ2v) is 5.49. The number of nitrogen functional groups attached to an aromatic ring is 1. The Morgan fingerprint density at radius 3 is 2.78 bits per heavy atom. The summed E-state index contributed by atoms with van der Waals surface area (Å²) in [6.45, 7) is 2.30. The first-order valence-corrected chi connectivity index (χ1v) is 7.00. The summed E-state index contributed by atoms with van der Waals surface area (Å²) in [5, 5.41) is 5.77. The summed E-state index contributed by atoms with van der Waals surface area (Å²) in [7, 11) is 0. The highest BCUT2D eigenvalue weighted by Crippen LogP contribution is 2.35. The van der Waals surface area contributed by atoms with Gasteiger partial charge in [-0.2, -0.15) is 5.10 Å². The van der Waals surface area contributed by atoms with Crippen LogP contribution in [0.3, 0.4) is 0 Å². The standard InChI is InChI=1S/C15H21N3/c1-2-11-3-7-14(8-4-11)18-15-9-13(16)6-5-12(15)10-17-18/h5-6,9-11,14H,2-4,7-8,16H2,1H3. The van der Waals surface area contributed by atoms with Crippen LogP contribution < -0.4 is 5.73 Å². The lowest BCUT2D eigenvalue weighted by Crippen LogP contribution is -2.18. The second-order valence-electron chi connectivity index (χ2n) is 5.49. The molecule has 3 rings (SSSR count). The molecule has 1 fully saturated rings. The van der Waals surface area contributed by atoms with Crippen molar-refractivity contribution in [3.63, 3.8) is 0 Å². The van der Waals surface area contributed by atoms with Crippen LogP contribution >= 0.6 is 0 Å². The minimum atomic E-state index is 0.562. The molecule has 1 aliphatic rings. The molecule has 0 atom stereocenters. The van der Waals surface area contributed by atoms with Gasteiger partial charge in [-0.25, -0.2) is 0 Å². The maximum Gasteiger partial charge on any atom is 0.0706 e. The molecule has 0 aliphatic heterocycles. The molecule has 3 heteroatoms. The molecule has 2 aromatic rings. The average Bonchev–Trinajstić information content (AvgIpc) is 2.82. The van der Waals surface area contributed by atoms with Gasteiger partial charge in [-0.3, -0.25) is 4.68 Å². The largest absolute Gasteiger partial charge is 0.399 e.